The van der Waals surface area contributed by atoms with Gasteiger partial charge in [0.25, 0.3) is 5.91 Å². The summed E-state index contributed by atoms with van der Waals surface area (Å²) in [5.41, 5.74) is 3.28. The number of nitrogens with zero attached hydrogens (tertiary/aromatic N) is 4. The molecule has 2 aromatic carbocycles. The van der Waals surface area contributed by atoms with Crippen LogP contribution in [0.1, 0.15) is 5.56 Å². The predicted molar refractivity (Wildman–Crippen MR) is 122 cm³/mol. The van der Waals surface area contributed by atoms with Crippen LogP contribution in [0.15, 0.2) is 90.9 Å². The summed E-state index contributed by atoms with van der Waals surface area (Å²) in [5.74, 6) is -0.0346. The van der Waals surface area contributed by atoms with Gasteiger partial charge in [-0.05, 0) is 42.5 Å². The maximum Gasteiger partial charge on any atom is 0.266 e. The van der Waals surface area contributed by atoms with Crippen molar-refractivity contribution < 1.29 is 9.53 Å². The van der Waals surface area contributed by atoms with Crippen LogP contribution in [0.2, 0.25) is 0 Å². The van der Waals surface area contributed by atoms with Crippen molar-refractivity contribution in [1.29, 1.82) is 5.26 Å². The van der Waals surface area contributed by atoms with E-state index in [1.807, 2.05) is 48.5 Å². The van der Waals surface area contributed by atoms with Gasteiger partial charge in [-0.15, -0.1) is 0 Å². The Bertz CT molecular complexity index is 1310. The lowest BCUT2D eigenvalue weighted by atomic mass is 10.1. The zero-order valence-electron chi connectivity index (χ0n) is 17.3. The highest BCUT2D eigenvalue weighted by atomic mass is 16.5. The smallest absolute Gasteiger partial charge is 0.266 e. The van der Waals surface area contributed by atoms with Crippen molar-refractivity contribution >= 4 is 17.7 Å². The first-order valence-corrected chi connectivity index (χ1v) is 9.81. The Morgan fingerprint density at radius 2 is 1.88 bits per heavy atom. The number of nitrogens with one attached hydrogen (secondary N) is 1. The lowest BCUT2D eigenvalue weighted by molar-refractivity contribution is -0.112. The van der Waals surface area contributed by atoms with Crippen LogP contribution in [0.25, 0.3) is 23.0 Å². The molecule has 4 aromatic rings. The molecule has 7 nitrogen and oxygen atoms in total. The molecule has 1 N–H and O–H groups in total. The predicted octanol–water partition coefficient (Wildman–Crippen LogP) is 4.49. The van der Waals surface area contributed by atoms with Gasteiger partial charge >= 0.3 is 0 Å². The van der Waals surface area contributed by atoms with Gasteiger partial charge in [0.05, 0.1) is 18.5 Å². The third-order valence-corrected chi connectivity index (χ3v) is 4.72. The van der Waals surface area contributed by atoms with Crippen LogP contribution in [-0.2, 0) is 4.79 Å². The zero-order valence-corrected chi connectivity index (χ0v) is 17.3. The number of carbonyl (C=O) groups is 1. The summed E-state index contributed by atoms with van der Waals surface area (Å²) in [6, 6.07) is 22.3. The van der Waals surface area contributed by atoms with E-state index in [4.69, 9.17) is 4.74 Å². The Labute approximate surface area is 185 Å². The van der Waals surface area contributed by atoms with Crippen molar-refractivity contribution in [3.63, 3.8) is 0 Å². The van der Waals surface area contributed by atoms with Crippen LogP contribution in [0, 0.1) is 11.3 Å². The molecule has 0 bridgehead atoms. The molecule has 0 saturated carbocycles. The molecule has 0 unspecified atom stereocenters. The van der Waals surface area contributed by atoms with Crippen molar-refractivity contribution in [2.75, 3.05) is 12.4 Å². The number of hydrogen-bond acceptors (Lipinski definition) is 5. The Morgan fingerprint density at radius 3 is 2.59 bits per heavy atom. The fourth-order valence-corrected chi connectivity index (χ4v) is 3.17. The van der Waals surface area contributed by atoms with Gasteiger partial charge in [-0.2, -0.15) is 10.4 Å². The molecular weight excluding hydrogens is 402 g/mol. The number of aromatic nitrogens is 3. The van der Waals surface area contributed by atoms with E-state index in [1.165, 1.54) is 13.2 Å². The highest BCUT2D eigenvalue weighted by Crippen LogP contribution is 2.27. The van der Waals surface area contributed by atoms with Crippen molar-refractivity contribution in [3.8, 4) is 28.8 Å². The number of amides is 1. The number of hydrogen-bond donors (Lipinski definition) is 1. The van der Waals surface area contributed by atoms with Gasteiger partial charge in [0.1, 0.15) is 23.1 Å². The van der Waals surface area contributed by atoms with Gasteiger partial charge in [-0.1, -0.05) is 30.3 Å². The number of nitriles is 1. The molecule has 0 aliphatic heterocycles. The largest absolute Gasteiger partial charge is 0.495 e. The van der Waals surface area contributed by atoms with E-state index < -0.39 is 5.91 Å². The first-order chi connectivity index (χ1) is 15.7. The van der Waals surface area contributed by atoms with Crippen LogP contribution in [0.5, 0.6) is 5.75 Å². The molecule has 4 rings (SSSR count). The van der Waals surface area contributed by atoms with Crippen LogP contribution in [0.4, 0.5) is 5.69 Å². The fourth-order valence-electron chi connectivity index (χ4n) is 3.17. The summed E-state index contributed by atoms with van der Waals surface area (Å²) in [6.45, 7) is 0. The van der Waals surface area contributed by atoms with E-state index in [0.717, 1.165) is 11.3 Å². The van der Waals surface area contributed by atoms with Crippen LogP contribution < -0.4 is 10.1 Å². The van der Waals surface area contributed by atoms with E-state index >= 15 is 0 Å². The topological polar surface area (TPSA) is 92.8 Å². The summed E-state index contributed by atoms with van der Waals surface area (Å²) in [4.78, 5) is 17.0. The molecule has 0 fully saturated rings. The minimum Gasteiger partial charge on any atom is -0.495 e. The third kappa shape index (κ3) is 4.40. The fraction of sp³-hybridized carbons (Fsp3) is 0.0400. The lowest BCUT2D eigenvalue weighted by Crippen LogP contribution is -2.14. The second-order valence-electron chi connectivity index (χ2n) is 6.78. The van der Waals surface area contributed by atoms with E-state index in [0.29, 0.717) is 22.7 Å². The number of para-hydroxylation sites is 3. The van der Waals surface area contributed by atoms with Crippen molar-refractivity contribution in [2.24, 2.45) is 0 Å². The number of methoxy groups -OCH3 is 1. The van der Waals surface area contributed by atoms with E-state index in [9.17, 15) is 10.1 Å². The summed E-state index contributed by atoms with van der Waals surface area (Å²) in [5, 5.41) is 17.1. The summed E-state index contributed by atoms with van der Waals surface area (Å²) >= 11 is 0. The molecule has 0 saturated heterocycles. The maximum absolute atomic E-state index is 12.8. The van der Waals surface area contributed by atoms with Gasteiger partial charge in [0.15, 0.2) is 0 Å². The monoisotopic (exact) mass is 421 g/mol. The van der Waals surface area contributed by atoms with E-state index in [2.05, 4.69) is 15.4 Å². The maximum atomic E-state index is 12.8. The summed E-state index contributed by atoms with van der Waals surface area (Å²) < 4.78 is 6.98. The Kier molecular flexibility index (Phi) is 6.05. The third-order valence-electron chi connectivity index (χ3n) is 4.72. The minimum absolute atomic E-state index is 0.0614. The molecule has 0 atom stereocenters. The molecule has 2 heterocycles. The first-order valence-electron chi connectivity index (χ1n) is 9.81. The number of pyridine rings is 1. The van der Waals surface area contributed by atoms with Gasteiger partial charge in [0.2, 0.25) is 0 Å². The highest BCUT2D eigenvalue weighted by molar-refractivity contribution is 6.10. The molecule has 0 aliphatic carbocycles. The van der Waals surface area contributed by atoms with E-state index in [1.54, 1.807) is 47.5 Å². The Hall–Kier alpha value is -4.70. The van der Waals surface area contributed by atoms with Crippen LogP contribution in [-0.4, -0.2) is 27.8 Å². The van der Waals surface area contributed by atoms with E-state index in [-0.39, 0.29) is 5.57 Å². The second-order valence-corrected chi connectivity index (χ2v) is 6.78. The van der Waals surface area contributed by atoms with Gasteiger partial charge in [-0.25, -0.2) is 4.68 Å². The molecular formula is C25H19N5O2. The van der Waals surface area contributed by atoms with Crippen molar-refractivity contribution in [2.45, 2.75) is 0 Å². The van der Waals surface area contributed by atoms with Crippen molar-refractivity contribution in [1.82, 2.24) is 14.8 Å². The highest BCUT2D eigenvalue weighted by Gasteiger charge is 2.16. The SMILES string of the molecule is COc1ccccc1NC(=O)/C(C#N)=C/c1cn(-c2ccccc2)nc1-c1cccnc1. The second kappa shape index (κ2) is 9.41. The number of rotatable bonds is 6. The van der Waals surface area contributed by atoms with Crippen LogP contribution >= 0.6 is 0 Å². The molecule has 32 heavy (non-hydrogen) atoms. The first kappa shape index (κ1) is 20.6. The quantitative estimate of drug-likeness (QED) is 0.366. The number of carbonyl (C=O) groups excluding carboxylic acids is 1. The standard InChI is InChI=1S/C25H19N5O2/c1-32-23-12-6-5-11-22(23)28-25(31)19(15-26)14-20-17-30(21-9-3-2-4-10-21)29-24(20)18-8-7-13-27-16-18/h2-14,16-17H,1H3,(H,28,31)/b19-14+. The molecule has 0 spiro atoms. The minimum atomic E-state index is -0.540. The number of benzene rings is 2. The molecule has 0 radical (unpaired) electrons. The molecule has 2 aromatic heterocycles. The summed E-state index contributed by atoms with van der Waals surface area (Å²) in [7, 11) is 1.52. The number of anilines is 1. The average molecular weight is 421 g/mol. The number of ether oxygens (including phenoxy) is 1. The summed E-state index contributed by atoms with van der Waals surface area (Å²) in [6.07, 6.45) is 6.68. The Balaban J connectivity index is 1.74. The lowest BCUT2D eigenvalue weighted by Gasteiger charge is -2.09. The van der Waals surface area contributed by atoms with Gasteiger partial charge in [-0.3, -0.25) is 9.78 Å². The van der Waals surface area contributed by atoms with Gasteiger partial charge in [0, 0.05) is 29.7 Å². The molecule has 1 amide bonds. The normalized spacial score (nSPS) is 10.9. The molecule has 156 valence electrons. The Morgan fingerprint density at radius 1 is 1.09 bits per heavy atom. The zero-order chi connectivity index (χ0) is 22.3. The average Bonchev–Trinajstić information content (AvgIpc) is 3.28. The van der Waals surface area contributed by atoms with Gasteiger partial charge < -0.3 is 10.1 Å². The van der Waals surface area contributed by atoms with Crippen LogP contribution in [0.3, 0.4) is 0 Å². The van der Waals surface area contributed by atoms with Crippen molar-refractivity contribution in [3.05, 3.63) is 96.5 Å². The molecule has 7 heteroatoms. The molecule has 0 aliphatic rings.